The maximum atomic E-state index is 14.5. The van der Waals surface area contributed by atoms with Gasteiger partial charge in [0.25, 0.3) is 0 Å². The van der Waals surface area contributed by atoms with Crippen LogP contribution >= 0.6 is 9.90 Å². The molecule has 0 radical (unpaired) electrons. The molecule has 84 heavy (non-hydrogen) atoms. The predicted molar refractivity (Wildman–Crippen MR) is 330 cm³/mol. The number of nitrogens with two attached hydrogens (primary N) is 1. The molecule has 5 aliphatic rings. The Bertz CT molecular complexity index is 2510. The first kappa shape index (κ1) is 69.1. The van der Waals surface area contributed by atoms with Crippen molar-refractivity contribution in [2.24, 2.45) is 11.1 Å². The van der Waals surface area contributed by atoms with E-state index < -0.39 is 72.7 Å². The minimum Gasteiger partial charge on any atom is -0.356 e. The summed E-state index contributed by atoms with van der Waals surface area (Å²) in [7, 11) is 6.64. The number of likely N-dealkylation sites (N-methyl/N-ethyl adjacent to an activating group) is 4. The molecule has 2 aliphatic carbocycles. The number of nitrogens with zero attached hydrogens (tertiary/aromatic N) is 4. The topological polar surface area (TPSA) is 272 Å². The fraction of sp³-hybridized carbons (Fsp3) is 0.672. The molecule has 21 nitrogen and oxygen atoms in total. The highest BCUT2D eigenvalue weighted by Crippen LogP contribution is 2.33. The summed E-state index contributed by atoms with van der Waals surface area (Å²) in [5.41, 5.74) is 10.2. The van der Waals surface area contributed by atoms with Gasteiger partial charge in [-0.05, 0) is 140 Å². The Hall–Kier alpha value is -5.64. The smallest absolute Gasteiger partial charge is 0.246 e. The van der Waals surface area contributed by atoms with Crippen LogP contribution in [-0.2, 0) is 51.2 Å². The Labute approximate surface area is 503 Å². The predicted octanol–water partition coefficient (Wildman–Crippen LogP) is 2.19. The average Bonchev–Trinajstić information content (AvgIpc) is 3.96. The maximum absolute atomic E-state index is 14.5. The van der Waals surface area contributed by atoms with Crippen molar-refractivity contribution in [2.45, 2.75) is 179 Å². The SMILES string of the molecule is CN1CCN(C)CC1.CN[C@@H](C)C(=O)N[C@@H](CCCNC(=O)CCCC(=O)N[C@H]1C[C@@H](C(=O)N[C@@H]2CCCc3ccccc32)N(C(=O)[C@@H](NC(=O)[C@H](C)NC)C(C)(C)C)C1)C(=O)N1C[C@@H](N)C[C@H]1C(=O)N[C@@H]1CCCc2ccccc21.P.[2H]CF. The maximum Gasteiger partial charge on any atom is 0.246 e. The summed E-state index contributed by atoms with van der Waals surface area (Å²) in [6.45, 7) is 14.3. The summed E-state index contributed by atoms with van der Waals surface area (Å²) in [6.07, 6.45) is 6.50. The van der Waals surface area contributed by atoms with Gasteiger partial charge in [0.05, 0.1) is 32.7 Å². The van der Waals surface area contributed by atoms with E-state index in [0.717, 1.165) is 49.7 Å². The first-order chi connectivity index (χ1) is 40.0. The highest BCUT2D eigenvalue weighted by atomic mass is 31.0. The zero-order valence-corrected chi connectivity index (χ0v) is 52.9. The van der Waals surface area contributed by atoms with Crippen LogP contribution in [0.15, 0.2) is 48.5 Å². The quantitative estimate of drug-likeness (QED) is 0.0642. The summed E-state index contributed by atoms with van der Waals surface area (Å²) in [4.78, 5) is 117. The number of alkyl halides is 1. The minimum atomic E-state index is -1.00. The lowest BCUT2D eigenvalue weighted by Crippen LogP contribution is -2.59. The van der Waals surface area contributed by atoms with Gasteiger partial charge in [-0.1, -0.05) is 69.3 Å². The molecule has 7 rings (SSSR count). The molecular weight excluding hydrogens is 1090 g/mol. The van der Waals surface area contributed by atoms with Crippen molar-refractivity contribution in [2.75, 3.05) is 81.2 Å². The normalized spacial score (nSPS) is 22.8. The third-order valence-electron chi connectivity index (χ3n) is 16.7. The second-order valence-corrected chi connectivity index (χ2v) is 24.2. The van der Waals surface area contributed by atoms with Gasteiger partial charge in [0, 0.05) is 70.7 Å². The molecule has 2 aromatic rings. The van der Waals surface area contributed by atoms with Gasteiger partial charge in [-0.3, -0.25) is 42.7 Å². The number of amides is 8. The molecule has 470 valence electrons. The van der Waals surface area contributed by atoms with Crippen LogP contribution in [0.3, 0.4) is 0 Å². The summed E-state index contributed by atoms with van der Waals surface area (Å²) >= 11 is 0. The van der Waals surface area contributed by atoms with Gasteiger partial charge in [0.1, 0.15) is 24.2 Å². The first-order valence-corrected chi connectivity index (χ1v) is 29.9. The van der Waals surface area contributed by atoms with Crippen molar-refractivity contribution in [3.05, 3.63) is 70.8 Å². The van der Waals surface area contributed by atoms with E-state index in [1.165, 1.54) is 47.1 Å². The molecule has 1 unspecified atom stereocenters. The minimum absolute atomic E-state index is 0. The second-order valence-electron chi connectivity index (χ2n) is 24.2. The van der Waals surface area contributed by atoms with Gasteiger partial charge in [0.15, 0.2) is 0 Å². The summed E-state index contributed by atoms with van der Waals surface area (Å²) in [6, 6.07) is 9.89. The number of hydrogen-bond donors (Lipinski definition) is 9. The van der Waals surface area contributed by atoms with Crippen LogP contribution < -0.4 is 48.3 Å². The number of fused-ring (bicyclic) bond motifs is 2. The van der Waals surface area contributed by atoms with Crippen molar-refractivity contribution >= 4 is 57.2 Å². The van der Waals surface area contributed by atoms with Gasteiger partial charge < -0.3 is 67.9 Å². The number of carbonyl (C=O) groups is 8. The van der Waals surface area contributed by atoms with Crippen LogP contribution in [0.25, 0.3) is 0 Å². The van der Waals surface area contributed by atoms with Crippen molar-refractivity contribution in [3.63, 3.8) is 0 Å². The zero-order chi connectivity index (χ0) is 61.7. The molecule has 0 saturated carbocycles. The number of rotatable bonds is 21. The van der Waals surface area contributed by atoms with Crippen molar-refractivity contribution in [1.82, 2.24) is 62.1 Å². The highest BCUT2D eigenvalue weighted by Gasteiger charge is 2.46. The monoisotopic (exact) mass is 1190 g/mol. The molecule has 0 bridgehead atoms. The van der Waals surface area contributed by atoms with Crippen molar-refractivity contribution < 1.29 is 44.1 Å². The van der Waals surface area contributed by atoms with E-state index in [1.807, 2.05) is 57.2 Å². The molecule has 3 saturated heterocycles. The Morgan fingerprint density at radius 3 is 1.67 bits per heavy atom. The molecule has 3 fully saturated rings. The number of nitrogens with one attached hydrogen (secondary N) is 8. The van der Waals surface area contributed by atoms with Crippen LogP contribution in [0.5, 0.6) is 0 Å². The molecule has 11 atom stereocenters. The Kier molecular flexibility index (Phi) is 28.4. The van der Waals surface area contributed by atoms with E-state index in [1.54, 1.807) is 27.9 Å². The number of aryl methyl sites for hydroxylation is 2. The largest absolute Gasteiger partial charge is 0.356 e. The molecule has 0 spiro atoms. The molecule has 23 heteroatoms. The summed E-state index contributed by atoms with van der Waals surface area (Å²) in [5.74, 6) is -2.80. The van der Waals surface area contributed by atoms with Crippen molar-refractivity contribution in [3.8, 4) is 0 Å². The van der Waals surface area contributed by atoms with Gasteiger partial charge in [-0.25, -0.2) is 0 Å². The van der Waals surface area contributed by atoms with Gasteiger partial charge in [0.2, 0.25) is 47.3 Å². The number of halogens is 1. The molecular formula is C61H101FN13O8P. The Morgan fingerprint density at radius 1 is 0.679 bits per heavy atom. The molecule has 3 aliphatic heterocycles. The molecule has 10 N–H and O–H groups in total. The molecule has 2 aromatic carbocycles. The molecule has 8 amide bonds. The Morgan fingerprint density at radius 2 is 1.15 bits per heavy atom. The lowest BCUT2D eigenvalue weighted by molar-refractivity contribution is -0.144. The van der Waals surface area contributed by atoms with Crippen LogP contribution in [0.4, 0.5) is 4.39 Å². The van der Waals surface area contributed by atoms with Crippen LogP contribution in [0.1, 0.15) is 141 Å². The van der Waals surface area contributed by atoms with E-state index in [9.17, 15) is 42.7 Å². The third-order valence-corrected chi connectivity index (χ3v) is 16.7. The first-order valence-electron chi connectivity index (χ1n) is 30.6. The third kappa shape index (κ3) is 20.5. The number of carbonyl (C=O) groups excluding carboxylic acids is 8. The van der Waals surface area contributed by atoms with Crippen LogP contribution in [0, 0.1) is 5.41 Å². The zero-order valence-electron chi connectivity index (χ0n) is 52.5. The van der Waals surface area contributed by atoms with E-state index in [0.29, 0.717) is 6.42 Å². The highest BCUT2D eigenvalue weighted by molar-refractivity contribution is 6.92. The number of piperazine rings is 1. The average molecular weight is 1200 g/mol. The standard InChI is InChI=1S/C54H81N11O8.C6H14N2.CH3F.H3P/c1-32(56-6)48(68)62-42(52(72)64-30-36(55)28-43(64)50(70)60-40-22-12-18-34-16-8-10-20-38(34)40)24-15-27-58-45(66)25-14-26-46(67)59-37-29-44(51(71)61-41-23-13-19-35-17-9-11-21-39(35)41)65(31-37)53(73)47(54(3,4)5)63-49(69)33(2)57-7;1-7-3-5-8(2)6-4-7;1-2;/h8-11,16-17,20-21,32-33,36-37,40-44,47,56-57H,12-15,18-19,22-31,55H2,1-7H3,(H,58,66)(H,59,67)(H,60,70)(H,61,71)(H,62,68)(H,63,69);3-6H2,1-2H3;1H3;1H3/t32-,33-,36-,37-,40+,41+,42-,43-,44-,47+;;;/m0.../s1/i;;1D;. The van der Waals surface area contributed by atoms with E-state index >= 15 is 0 Å². The van der Waals surface area contributed by atoms with E-state index in [4.69, 9.17) is 7.10 Å². The van der Waals surface area contributed by atoms with Gasteiger partial charge in [-0.15, -0.1) is 0 Å². The van der Waals surface area contributed by atoms with E-state index in [-0.39, 0.29) is 116 Å². The number of hydrogen-bond acceptors (Lipinski definition) is 13. The van der Waals surface area contributed by atoms with Crippen molar-refractivity contribution in [1.29, 1.82) is 0 Å². The fourth-order valence-corrected chi connectivity index (χ4v) is 11.5. The second kappa shape index (κ2) is 34.5. The summed E-state index contributed by atoms with van der Waals surface area (Å²) < 4.78 is 15.5. The summed E-state index contributed by atoms with van der Waals surface area (Å²) in [5, 5.41) is 23.8. The fourth-order valence-electron chi connectivity index (χ4n) is 11.5. The van der Waals surface area contributed by atoms with Crippen LogP contribution in [-0.4, -0.2) is 196 Å². The Balaban J connectivity index is 0.00000117. The molecule has 3 heterocycles. The number of benzene rings is 2. The van der Waals surface area contributed by atoms with Gasteiger partial charge in [-0.2, -0.15) is 9.90 Å². The van der Waals surface area contributed by atoms with E-state index in [2.05, 4.69) is 78.6 Å². The van der Waals surface area contributed by atoms with Gasteiger partial charge >= 0.3 is 0 Å². The lowest BCUT2D eigenvalue weighted by Gasteiger charge is -2.36. The lowest BCUT2D eigenvalue weighted by atomic mass is 9.85. The number of likely N-dealkylation sites (tertiary alicyclic amines) is 2. The molecule has 0 aromatic heterocycles. The van der Waals surface area contributed by atoms with Crippen LogP contribution in [0.2, 0.25) is 0 Å².